The number of carbonyl (C=O) groups is 1. The number of piperazine rings is 1. The van der Waals surface area contributed by atoms with Crippen molar-refractivity contribution in [1.29, 1.82) is 0 Å². The molecule has 4 rings (SSSR count). The fourth-order valence-corrected chi connectivity index (χ4v) is 3.84. The number of halogens is 1. The van der Waals surface area contributed by atoms with Crippen molar-refractivity contribution in [1.82, 2.24) is 9.80 Å². The maximum atomic E-state index is 12.8. The second-order valence-electron chi connectivity index (χ2n) is 7.23. The number of hydrogen-bond acceptors (Lipinski definition) is 5. The molecular formula is C21H26ClN3O3. The molecule has 7 heteroatoms. The Labute approximate surface area is 170 Å². The van der Waals surface area contributed by atoms with E-state index in [9.17, 15) is 15.0 Å². The van der Waals surface area contributed by atoms with E-state index in [4.69, 9.17) is 11.6 Å². The number of fused-ring (bicyclic) bond motifs is 1. The summed E-state index contributed by atoms with van der Waals surface area (Å²) >= 11 is 5.90. The van der Waals surface area contributed by atoms with Crippen LogP contribution in [0.15, 0.2) is 30.3 Å². The van der Waals surface area contributed by atoms with Gasteiger partial charge in [0.2, 0.25) is 0 Å². The standard InChI is InChI=1S/C20H22ClN3O3.CH4/c1-22-4-6-23(7-5-22)15-3-2-13-11-24(12-14(13)8-15)20(27)16-9-17(21)19(26)10-18(16)25;/h2-3,8-10,25-26H,4-7,11-12H2,1H3;1H4. The molecule has 2 aliphatic heterocycles. The summed E-state index contributed by atoms with van der Waals surface area (Å²) in [7, 11) is 2.13. The fraction of sp³-hybridized carbons (Fsp3) is 0.381. The minimum atomic E-state index is -0.299. The molecule has 2 N–H and O–H groups in total. The summed E-state index contributed by atoms with van der Waals surface area (Å²) in [5.41, 5.74) is 3.53. The number of carbonyl (C=O) groups excluding carboxylic acids is 1. The van der Waals surface area contributed by atoms with Gasteiger partial charge in [-0.2, -0.15) is 0 Å². The van der Waals surface area contributed by atoms with E-state index in [0.29, 0.717) is 13.1 Å². The molecule has 28 heavy (non-hydrogen) atoms. The van der Waals surface area contributed by atoms with Gasteiger partial charge in [-0.3, -0.25) is 4.79 Å². The average molecular weight is 404 g/mol. The van der Waals surface area contributed by atoms with Crippen LogP contribution in [0.2, 0.25) is 5.02 Å². The minimum Gasteiger partial charge on any atom is -0.507 e. The van der Waals surface area contributed by atoms with Crippen LogP contribution in [0.25, 0.3) is 0 Å². The molecule has 1 fully saturated rings. The number of hydrogen-bond donors (Lipinski definition) is 2. The lowest BCUT2D eigenvalue weighted by atomic mass is 10.1. The monoisotopic (exact) mass is 403 g/mol. The number of phenolic OH excluding ortho intramolecular Hbond substituents is 2. The van der Waals surface area contributed by atoms with Crippen LogP contribution < -0.4 is 4.90 Å². The molecule has 2 aromatic carbocycles. The highest BCUT2D eigenvalue weighted by Gasteiger charge is 2.27. The first-order chi connectivity index (χ1) is 12.9. The maximum absolute atomic E-state index is 12.8. The van der Waals surface area contributed by atoms with Crippen LogP contribution in [0.4, 0.5) is 5.69 Å². The van der Waals surface area contributed by atoms with E-state index in [2.05, 4.69) is 35.0 Å². The first kappa shape index (κ1) is 20.3. The lowest BCUT2D eigenvalue weighted by Crippen LogP contribution is -2.44. The summed E-state index contributed by atoms with van der Waals surface area (Å²) in [6.45, 7) is 5.07. The summed E-state index contributed by atoms with van der Waals surface area (Å²) in [4.78, 5) is 19.2. The Bertz CT molecular complexity index is 895. The van der Waals surface area contributed by atoms with E-state index in [1.807, 2.05) is 0 Å². The molecule has 2 aliphatic rings. The smallest absolute Gasteiger partial charge is 0.258 e. The molecule has 0 bridgehead atoms. The average Bonchev–Trinajstić information content (AvgIpc) is 3.08. The topological polar surface area (TPSA) is 67.2 Å². The number of rotatable bonds is 2. The van der Waals surface area contributed by atoms with Crippen molar-refractivity contribution in [2.75, 3.05) is 38.1 Å². The first-order valence-electron chi connectivity index (χ1n) is 8.98. The Morgan fingerprint density at radius 3 is 2.36 bits per heavy atom. The lowest BCUT2D eigenvalue weighted by Gasteiger charge is -2.34. The SMILES string of the molecule is C.CN1CCN(c2ccc3c(c2)CN(C(=O)c2cc(Cl)c(O)cc2O)C3)CC1. The molecule has 0 aromatic heterocycles. The molecule has 6 nitrogen and oxygen atoms in total. The van der Waals surface area contributed by atoms with Gasteiger partial charge in [-0.25, -0.2) is 0 Å². The number of benzene rings is 2. The second kappa shape index (κ2) is 7.89. The molecule has 0 atom stereocenters. The zero-order chi connectivity index (χ0) is 19.1. The van der Waals surface area contributed by atoms with Crippen molar-refractivity contribution in [2.24, 2.45) is 0 Å². The van der Waals surface area contributed by atoms with Gasteiger partial charge >= 0.3 is 0 Å². The van der Waals surface area contributed by atoms with Gasteiger partial charge in [-0.15, -0.1) is 0 Å². The van der Waals surface area contributed by atoms with Crippen molar-refractivity contribution < 1.29 is 15.0 Å². The summed E-state index contributed by atoms with van der Waals surface area (Å²) in [5, 5.41) is 19.6. The van der Waals surface area contributed by atoms with Gasteiger partial charge in [0.15, 0.2) is 0 Å². The summed E-state index contributed by atoms with van der Waals surface area (Å²) in [5.74, 6) is -0.810. The van der Waals surface area contributed by atoms with Crippen molar-refractivity contribution >= 4 is 23.2 Å². The molecule has 2 aromatic rings. The lowest BCUT2D eigenvalue weighted by molar-refractivity contribution is 0.0748. The van der Waals surface area contributed by atoms with Crippen molar-refractivity contribution in [3.8, 4) is 11.5 Å². The summed E-state index contributed by atoms with van der Waals surface area (Å²) in [6, 6.07) is 8.78. The van der Waals surface area contributed by atoms with E-state index in [1.54, 1.807) is 4.90 Å². The highest BCUT2D eigenvalue weighted by atomic mass is 35.5. The molecule has 1 amide bonds. The quantitative estimate of drug-likeness (QED) is 0.805. The van der Waals surface area contributed by atoms with Crippen LogP contribution in [-0.2, 0) is 13.1 Å². The number of anilines is 1. The predicted molar refractivity (Wildman–Crippen MR) is 111 cm³/mol. The van der Waals surface area contributed by atoms with Gasteiger partial charge in [0, 0.05) is 51.0 Å². The zero-order valence-corrected chi connectivity index (χ0v) is 15.9. The number of phenols is 2. The Balaban J connectivity index is 0.00000225. The highest BCUT2D eigenvalue weighted by molar-refractivity contribution is 6.32. The first-order valence-corrected chi connectivity index (χ1v) is 9.36. The summed E-state index contributed by atoms with van der Waals surface area (Å²) in [6.07, 6.45) is 0. The van der Waals surface area contributed by atoms with Gasteiger partial charge < -0.3 is 24.9 Å². The predicted octanol–water partition coefficient (Wildman–Crippen LogP) is 3.30. The maximum Gasteiger partial charge on any atom is 0.258 e. The van der Waals surface area contributed by atoms with Crippen LogP contribution in [0.1, 0.15) is 28.9 Å². The molecule has 0 spiro atoms. The molecule has 0 saturated carbocycles. The Kier molecular flexibility index (Phi) is 5.72. The zero-order valence-electron chi connectivity index (χ0n) is 15.2. The summed E-state index contributed by atoms with van der Waals surface area (Å²) < 4.78 is 0. The van der Waals surface area contributed by atoms with Crippen LogP contribution in [0, 0.1) is 0 Å². The van der Waals surface area contributed by atoms with Crippen LogP contribution in [0.5, 0.6) is 11.5 Å². The third-order valence-corrected chi connectivity index (χ3v) is 5.67. The fourth-order valence-electron chi connectivity index (χ4n) is 3.68. The number of amides is 1. The van der Waals surface area contributed by atoms with Gasteiger partial charge in [0.25, 0.3) is 5.91 Å². The van der Waals surface area contributed by atoms with E-state index in [1.165, 1.54) is 11.8 Å². The number of nitrogens with zero attached hydrogens (tertiary/aromatic N) is 3. The third kappa shape index (κ3) is 3.75. The Morgan fingerprint density at radius 2 is 1.64 bits per heavy atom. The highest BCUT2D eigenvalue weighted by Crippen LogP contribution is 2.34. The number of likely N-dealkylation sites (N-methyl/N-ethyl adjacent to an activating group) is 1. The minimum absolute atomic E-state index is 0. The van der Waals surface area contributed by atoms with Crippen LogP contribution in [-0.4, -0.2) is 59.1 Å². The Morgan fingerprint density at radius 1 is 0.964 bits per heavy atom. The molecule has 0 aliphatic carbocycles. The van der Waals surface area contributed by atoms with E-state index < -0.39 is 0 Å². The largest absolute Gasteiger partial charge is 0.507 e. The number of aromatic hydroxyl groups is 2. The van der Waals surface area contributed by atoms with E-state index in [-0.39, 0.29) is 35.4 Å². The molecule has 0 unspecified atom stereocenters. The van der Waals surface area contributed by atoms with Gasteiger partial charge in [0.05, 0.1) is 10.6 Å². The molecule has 0 radical (unpaired) electrons. The van der Waals surface area contributed by atoms with Crippen molar-refractivity contribution in [3.63, 3.8) is 0 Å². The Hall–Kier alpha value is -2.44. The van der Waals surface area contributed by atoms with Gasteiger partial charge in [-0.1, -0.05) is 25.1 Å². The van der Waals surface area contributed by atoms with Crippen molar-refractivity contribution in [3.05, 3.63) is 52.0 Å². The molecular weight excluding hydrogens is 378 g/mol. The van der Waals surface area contributed by atoms with Crippen LogP contribution in [0.3, 0.4) is 0 Å². The molecule has 1 saturated heterocycles. The second-order valence-corrected chi connectivity index (χ2v) is 7.63. The van der Waals surface area contributed by atoms with E-state index >= 15 is 0 Å². The van der Waals surface area contributed by atoms with Gasteiger partial charge in [0.1, 0.15) is 11.5 Å². The van der Waals surface area contributed by atoms with E-state index in [0.717, 1.165) is 43.4 Å². The third-order valence-electron chi connectivity index (χ3n) is 5.36. The normalized spacial score (nSPS) is 16.6. The molecule has 150 valence electrons. The molecule has 2 heterocycles. The van der Waals surface area contributed by atoms with Gasteiger partial charge in [-0.05, 0) is 36.4 Å². The van der Waals surface area contributed by atoms with Crippen molar-refractivity contribution in [2.45, 2.75) is 20.5 Å². The van der Waals surface area contributed by atoms with Crippen LogP contribution >= 0.6 is 11.6 Å².